The van der Waals surface area contributed by atoms with Gasteiger partial charge in [0.05, 0.1) is 6.61 Å². The summed E-state index contributed by atoms with van der Waals surface area (Å²) in [4.78, 5) is 30.7. The van der Waals surface area contributed by atoms with Crippen molar-refractivity contribution in [2.45, 2.75) is 11.3 Å². The number of nitrogens with zero attached hydrogens (tertiary/aromatic N) is 2. The lowest BCUT2D eigenvalue weighted by atomic mass is 10.1. The molecule has 2 amide bonds. The number of hydrogen-bond acceptors (Lipinski definition) is 7. The average molecular weight is 299 g/mol. The van der Waals surface area contributed by atoms with E-state index in [1.165, 1.54) is 11.8 Å². The van der Waals surface area contributed by atoms with Crippen molar-refractivity contribution in [1.82, 2.24) is 9.97 Å². The Balaban J connectivity index is 2.50. The van der Waals surface area contributed by atoms with Crippen LogP contribution in [0.3, 0.4) is 0 Å². The van der Waals surface area contributed by atoms with Crippen molar-refractivity contribution in [1.29, 1.82) is 0 Å². The van der Waals surface area contributed by atoms with Gasteiger partial charge in [-0.15, -0.1) is 11.8 Å². The van der Waals surface area contributed by atoms with Crippen molar-refractivity contribution in [2.75, 3.05) is 24.7 Å². The molecule has 1 aromatic rings. The molecule has 0 aliphatic rings. The number of carbonyl (C=O) groups is 2. The fourth-order valence-corrected chi connectivity index (χ4v) is 1.74. The van der Waals surface area contributed by atoms with Gasteiger partial charge in [-0.05, 0) is 6.26 Å². The van der Waals surface area contributed by atoms with Gasteiger partial charge in [0.25, 0.3) is 0 Å². The number of nitrogens with one attached hydrogen (secondary N) is 1. The minimum atomic E-state index is -0.889. The second-order valence-corrected chi connectivity index (χ2v) is 4.87. The molecule has 1 heterocycles. The fraction of sp³-hybridized carbons (Fsp3) is 0.455. The molecule has 0 saturated carbocycles. The molecule has 0 bridgehead atoms. The highest BCUT2D eigenvalue weighted by atomic mass is 32.2. The van der Waals surface area contributed by atoms with Crippen LogP contribution in [0.25, 0.3) is 0 Å². The van der Waals surface area contributed by atoms with Crippen molar-refractivity contribution < 1.29 is 14.3 Å². The predicted octanol–water partition coefficient (Wildman–Crippen LogP) is 0.197. The van der Waals surface area contributed by atoms with E-state index in [4.69, 9.17) is 11.5 Å². The van der Waals surface area contributed by atoms with E-state index in [0.29, 0.717) is 12.5 Å². The van der Waals surface area contributed by atoms with Crippen LogP contribution in [-0.4, -0.2) is 41.4 Å². The molecule has 110 valence electrons. The molecular formula is C11H17N5O3S. The monoisotopic (exact) mass is 299 g/mol. The standard InChI is InChI=1S/C11H17N5O3S/c1-20-8-4-15-11(16-5-8)14-3-7(2-9(12)17)6-19-10(13)18/h4-5,7H,2-3,6H2,1H3,(H2,12,17)(H2,13,18)(H,14,15,16). The Morgan fingerprint density at radius 2 is 2.05 bits per heavy atom. The second kappa shape index (κ2) is 8.20. The zero-order chi connectivity index (χ0) is 15.0. The molecule has 0 radical (unpaired) electrons. The van der Waals surface area contributed by atoms with Crippen molar-refractivity contribution in [3.05, 3.63) is 12.4 Å². The molecule has 5 N–H and O–H groups in total. The molecule has 0 aliphatic heterocycles. The van der Waals surface area contributed by atoms with Gasteiger partial charge in [0.1, 0.15) is 0 Å². The van der Waals surface area contributed by atoms with Crippen LogP contribution >= 0.6 is 11.8 Å². The Labute approximate surface area is 120 Å². The van der Waals surface area contributed by atoms with Gasteiger partial charge >= 0.3 is 6.09 Å². The van der Waals surface area contributed by atoms with Crippen LogP contribution < -0.4 is 16.8 Å². The number of rotatable bonds is 8. The van der Waals surface area contributed by atoms with Crippen molar-refractivity contribution in [3.8, 4) is 0 Å². The zero-order valence-corrected chi connectivity index (χ0v) is 11.9. The fourth-order valence-electron chi connectivity index (χ4n) is 1.42. The maximum absolute atomic E-state index is 10.9. The number of thioether (sulfide) groups is 1. The predicted molar refractivity (Wildman–Crippen MR) is 75.1 cm³/mol. The van der Waals surface area contributed by atoms with Crippen LogP contribution in [0.5, 0.6) is 0 Å². The number of nitrogens with two attached hydrogens (primary N) is 2. The minimum Gasteiger partial charge on any atom is -0.449 e. The Hall–Kier alpha value is -2.03. The molecule has 0 spiro atoms. The maximum Gasteiger partial charge on any atom is 0.404 e. The lowest BCUT2D eigenvalue weighted by Gasteiger charge is -2.15. The number of amides is 2. The largest absolute Gasteiger partial charge is 0.449 e. The average Bonchev–Trinajstić information content (AvgIpc) is 2.42. The lowest BCUT2D eigenvalue weighted by Crippen LogP contribution is -2.28. The van der Waals surface area contributed by atoms with Gasteiger partial charge in [-0.1, -0.05) is 0 Å². The maximum atomic E-state index is 10.9. The minimum absolute atomic E-state index is 0.00810. The lowest BCUT2D eigenvalue weighted by molar-refractivity contribution is -0.119. The highest BCUT2D eigenvalue weighted by molar-refractivity contribution is 7.98. The summed E-state index contributed by atoms with van der Waals surface area (Å²) in [5.41, 5.74) is 10.0. The van der Waals surface area contributed by atoms with E-state index in [9.17, 15) is 9.59 Å². The normalized spacial score (nSPS) is 11.7. The number of anilines is 1. The third-order valence-corrected chi connectivity index (χ3v) is 3.05. The van der Waals surface area contributed by atoms with Crippen LogP contribution in [0.4, 0.5) is 10.7 Å². The van der Waals surface area contributed by atoms with Crippen LogP contribution in [0, 0.1) is 5.92 Å². The first-order valence-corrected chi connectivity index (χ1v) is 7.04. The van der Waals surface area contributed by atoms with Crippen molar-refractivity contribution >= 4 is 29.7 Å². The second-order valence-electron chi connectivity index (χ2n) is 3.99. The van der Waals surface area contributed by atoms with E-state index in [1.54, 1.807) is 12.4 Å². The van der Waals surface area contributed by atoms with Crippen molar-refractivity contribution in [3.63, 3.8) is 0 Å². The van der Waals surface area contributed by atoms with Crippen LogP contribution in [-0.2, 0) is 9.53 Å². The van der Waals surface area contributed by atoms with E-state index in [1.807, 2.05) is 6.26 Å². The van der Waals surface area contributed by atoms with Gasteiger partial charge in [0.15, 0.2) is 0 Å². The van der Waals surface area contributed by atoms with E-state index < -0.39 is 12.0 Å². The zero-order valence-electron chi connectivity index (χ0n) is 11.0. The third-order valence-electron chi connectivity index (χ3n) is 2.36. The highest BCUT2D eigenvalue weighted by Crippen LogP contribution is 2.12. The van der Waals surface area contributed by atoms with E-state index in [0.717, 1.165) is 4.90 Å². The number of hydrogen-bond donors (Lipinski definition) is 3. The van der Waals surface area contributed by atoms with Crippen LogP contribution in [0.1, 0.15) is 6.42 Å². The van der Waals surface area contributed by atoms with Gasteiger partial charge in [0, 0.05) is 36.2 Å². The van der Waals surface area contributed by atoms with Gasteiger partial charge in [-0.2, -0.15) is 0 Å². The van der Waals surface area contributed by atoms with E-state index in [-0.39, 0.29) is 18.9 Å². The Kier molecular flexibility index (Phi) is 6.57. The van der Waals surface area contributed by atoms with Gasteiger partial charge in [-0.3, -0.25) is 4.79 Å². The molecule has 8 nitrogen and oxygen atoms in total. The Morgan fingerprint density at radius 3 is 2.55 bits per heavy atom. The first-order valence-electron chi connectivity index (χ1n) is 5.81. The Bertz CT molecular complexity index is 454. The molecule has 0 fully saturated rings. The van der Waals surface area contributed by atoms with Gasteiger partial charge < -0.3 is 21.5 Å². The number of primary amides is 2. The number of ether oxygens (including phenoxy) is 1. The molecule has 1 atom stereocenters. The molecule has 1 aromatic heterocycles. The highest BCUT2D eigenvalue weighted by Gasteiger charge is 2.14. The van der Waals surface area contributed by atoms with Crippen LogP contribution in [0.15, 0.2) is 17.3 Å². The summed E-state index contributed by atoms with van der Waals surface area (Å²) in [5.74, 6) is -0.344. The summed E-state index contributed by atoms with van der Waals surface area (Å²) >= 11 is 1.54. The molecule has 20 heavy (non-hydrogen) atoms. The third kappa shape index (κ3) is 6.23. The molecule has 0 aromatic carbocycles. The quantitative estimate of drug-likeness (QED) is 0.584. The number of aromatic nitrogens is 2. The van der Waals surface area contributed by atoms with Crippen molar-refractivity contribution in [2.24, 2.45) is 17.4 Å². The molecule has 1 unspecified atom stereocenters. The summed E-state index contributed by atoms with van der Waals surface area (Å²) < 4.78 is 4.68. The van der Waals surface area contributed by atoms with Crippen LogP contribution in [0.2, 0.25) is 0 Å². The summed E-state index contributed by atoms with van der Waals surface area (Å²) in [6, 6.07) is 0. The van der Waals surface area contributed by atoms with E-state index in [2.05, 4.69) is 20.0 Å². The van der Waals surface area contributed by atoms with Gasteiger partial charge in [-0.25, -0.2) is 14.8 Å². The first-order chi connectivity index (χ1) is 9.51. The van der Waals surface area contributed by atoms with E-state index >= 15 is 0 Å². The molecule has 1 rings (SSSR count). The molecule has 0 aliphatic carbocycles. The summed E-state index contributed by atoms with van der Waals surface area (Å²) in [5, 5.41) is 2.95. The first kappa shape index (κ1) is 16.0. The SMILES string of the molecule is CSc1cnc(NCC(COC(N)=O)CC(N)=O)nc1. The smallest absolute Gasteiger partial charge is 0.404 e. The van der Waals surface area contributed by atoms with Gasteiger partial charge in [0.2, 0.25) is 11.9 Å². The Morgan fingerprint density at radius 1 is 1.40 bits per heavy atom. The summed E-state index contributed by atoms with van der Waals surface area (Å²) in [7, 11) is 0. The molecular weight excluding hydrogens is 282 g/mol. The topological polar surface area (TPSA) is 133 Å². The summed E-state index contributed by atoms with van der Waals surface area (Å²) in [6.07, 6.45) is 4.48. The summed E-state index contributed by atoms with van der Waals surface area (Å²) in [6.45, 7) is 0.350. The number of carbonyl (C=O) groups excluding carboxylic acids is 2. The molecule has 9 heteroatoms. The molecule has 0 saturated heterocycles.